The van der Waals surface area contributed by atoms with Crippen molar-refractivity contribution < 1.29 is 28.3 Å². The number of H-pyrrole nitrogens is 1. The Labute approximate surface area is 141 Å². The molecule has 0 unspecified atom stereocenters. The van der Waals surface area contributed by atoms with Gasteiger partial charge in [0.2, 0.25) is 0 Å². The molecule has 2 aromatic heterocycles. The Kier molecular flexibility index (Phi) is 4.25. The molecule has 2 heterocycles. The first-order valence-corrected chi connectivity index (χ1v) is 7.21. The van der Waals surface area contributed by atoms with Gasteiger partial charge in [-0.05, 0) is 18.2 Å². The summed E-state index contributed by atoms with van der Waals surface area (Å²) in [4.78, 5) is 38.9. The van der Waals surface area contributed by atoms with E-state index in [9.17, 15) is 14.4 Å². The zero-order valence-corrected chi connectivity index (χ0v) is 13.4. The highest BCUT2D eigenvalue weighted by molar-refractivity contribution is 6.09. The van der Waals surface area contributed by atoms with Crippen molar-refractivity contribution in [2.75, 3.05) is 19.5 Å². The first-order chi connectivity index (χ1) is 12.0. The summed E-state index contributed by atoms with van der Waals surface area (Å²) in [5.41, 5.74) is 1.87. The highest BCUT2D eigenvalue weighted by Gasteiger charge is 2.19. The maximum atomic E-state index is 12.4. The summed E-state index contributed by atoms with van der Waals surface area (Å²) >= 11 is 0. The van der Waals surface area contributed by atoms with Crippen molar-refractivity contribution in [2.24, 2.45) is 0 Å². The molecule has 3 rings (SSSR count). The minimum Gasteiger partial charge on any atom is -0.465 e. The maximum Gasteiger partial charge on any atom is 0.339 e. The number of rotatable bonds is 4. The molecule has 0 saturated carbocycles. The lowest BCUT2D eigenvalue weighted by atomic mass is 10.1. The van der Waals surface area contributed by atoms with E-state index in [2.05, 4.69) is 15.0 Å². The third kappa shape index (κ3) is 3.09. The van der Waals surface area contributed by atoms with Gasteiger partial charge in [0.15, 0.2) is 5.58 Å². The number of aromatic amines is 1. The number of fused-ring (bicyclic) bond motifs is 1. The van der Waals surface area contributed by atoms with Crippen LogP contribution in [0.15, 0.2) is 41.0 Å². The Morgan fingerprint density at radius 3 is 2.48 bits per heavy atom. The number of carbonyl (C=O) groups excluding carboxylic acids is 3. The number of esters is 2. The second-order valence-corrected chi connectivity index (χ2v) is 5.08. The lowest BCUT2D eigenvalue weighted by molar-refractivity contribution is 0.0587. The van der Waals surface area contributed by atoms with Gasteiger partial charge in [-0.2, -0.15) is 0 Å². The van der Waals surface area contributed by atoms with Gasteiger partial charge in [0, 0.05) is 12.1 Å². The van der Waals surface area contributed by atoms with E-state index in [4.69, 9.17) is 9.15 Å². The Hall–Kier alpha value is -3.55. The van der Waals surface area contributed by atoms with Crippen LogP contribution in [-0.4, -0.2) is 37.0 Å². The summed E-state index contributed by atoms with van der Waals surface area (Å²) in [5, 5.41) is 2.59. The number of furan rings is 1. The standard InChI is InChI=1S/C17H14N2O6/c1-23-16(21)9-3-4-10(17(22)24-2)12(7-9)19-15(20)13-8-14-11(18-13)5-6-25-14/h3-8,18H,1-2H3,(H,19,20). The molecule has 128 valence electrons. The minimum atomic E-state index is -0.646. The van der Waals surface area contributed by atoms with Crippen LogP contribution in [0.2, 0.25) is 0 Å². The van der Waals surface area contributed by atoms with E-state index in [1.165, 1.54) is 44.7 Å². The van der Waals surface area contributed by atoms with Crippen LogP contribution in [0, 0.1) is 0 Å². The number of nitrogens with one attached hydrogen (secondary N) is 2. The summed E-state index contributed by atoms with van der Waals surface area (Å²) < 4.78 is 14.5. The number of benzene rings is 1. The van der Waals surface area contributed by atoms with Gasteiger partial charge in [-0.1, -0.05) is 0 Å². The molecule has 0 spiro atoms. The molecule has 0 aliphatic rings. The summed E-state index contributed by atoms with van der Waals surface area (Å²) in [6.07, 6.45) is 1.50. The van der Waals surface area contributed by atoms with E-state index in [1.807, 2.05) is 0 Å². The predicted octanol–water partition coefficient (Wildman–Crippen LogP) is 2.59. The normalized spacial score (nSPS) is 10.5. The first kappa shape index (κ1) is 16.3. The summed E-state index contributed by atoms with van der Waals surface area (Å²) in [7, 11) is 2.46. The zero-order chi connectivity index (χ0) is 18.0. The van der Waals surface area contributed by atoms with E-state index in [0.717, 1.165) is 0 Å². The van der Waals surface area contributed by atoms with Crippen LogP contribution in [0.5, 0.6) is 0 Å². The summed E-state index contributed by atoms with van der Waals surface area (Å²) in [6.45, 7) is 0. The molecule has 8 nitrogen and oxygen atoms in total. The van der Waals surface area contributed by atoms with Crippen molar-refractivity contribution in [3.8, 4) is 0 Å². The molecule has 0 bridgehead atoms. The van der Waals surface area contributed by atoms with Crippen molar-refractivity contribution in [2.45, 2.75) is 0 Å². The Morgan fingerprint density at radius 2 is 1.80 bits per heavy atom. The van der Waals surface area contributed by atoms with Crippen LogP contribution >= 0.6 is 0 Å². The number of carbonyl (C=O) groups is 3. The van der Waals surface area contributed by atoms with Gasteiger partial charge in [0.05, 0.1) is 42.8 Å². The maximum absolute atomic E-state index is 12.4. The van der Waals surface area contributed by atoms with Crippen LogP contribution in [0.3, 0.4) is 0 Å². The molecular formula is C17H14N2O6. The summed E-state index contributed by atoms with van der Waals surface area (Å²) in [6, 6.07) is 7.36. The second-order valence-electron chi connectivity index (χ2n) is 5.08. The third-order valence-corrected chi connectivity index (χ3v) is 3.58. The Bertz CT molecular complexity index is 940. The lowest BCUT2D eigenvalue weighted by Crippen LogP contribution is -2.16. The fraction of sp³-hybridized carbons (Fsp3) is 0.118. The average Bonchev–Trinajstić information content (AvgIpc) is 3.22. The number of anilines is 1. The molecule has 25 heavy (non-hydrogen) atoms. The summed E-state index contributed by atoms with van der Waals surface area (Å²) in [5.74, 6) is -1.74. The van der Waals surface area contributed by atoms with E-state index in [0.29, 0.717) is 11.1 Å². The molecule has 8 heteroatoms. The van der Waals surface area contributed by atoms with Gasteiger partial charge in [-0.25, -0.2) is 9.59 Å². The first-order valence-electron chi connectivity index (χ1n) is 7.21. The smallest absolute Gasteiger partial charge is 0.339 e. The van der Waals surface area contributed by atoms with Crippen LogP contribution in [0.1, 0.15) is 31.2 Å². The van der Waals surface area contributed by atoms with Gasteiger partial charge in [-0.3, -0.25) is 4.79 Å². The molecule has 0 saturated heterocycles. The fourth-order valence-corrected chi connectivity index (χ4v) is 2.34. The lowest BCUT2D eigenvalue weighted by Gasteiger charge is -2.11. The number of amides is 1. The van der Waals surface area contributed by atoms with E-state index in [-0.39, 0.29) is 22.5 Å². The number of methoxy groups -OCH3 is 2. The molecule has 1 amide bonds. The predicted molar refractivity (Wildman–Crippen MR) is 87.6 cm³/mol. The number of aromatic nitrogens is 1. The molecule has 0 aliphatic carbocycles. The molecule has 1 aromatic carbocycles. The monoisotopic (exact) mass is 342 g/mol. The van der Waals surface area contributed by atoms with Gasteiger partial charge >= 0.3 is 11.9 Å². The largest absolute Gasteiger partial charge is 0.465 e. The molecule has 3 aromatic rings. The van der Waals surface area contributed by atoms with Gasteiger partial charge in [0.25, 0.3) is 5.91 Å². The van der Waals surface area contributed by atoms with E-state index >= 15 is 0 Å². The molecule has 0 fully saturated rings. The topological polar surface area (TPSA) is 111 Å². The quantitative estimate of drug-likeness (QED) is 0.705. The van der Waals surface area contributed by atoms with Crippen LogP contribution in [0.25, 0.3) is 11.1 Å². The van der Waals surface area contributed by atoms with E-state index in [1.54, 1.807) is 6.07 Å². The van der Waals surface area contributed by atoms with Gasteiger partial charge in [-0.15, -0.1) is 0 Å². The van der Waals surface area contributed by atoms with Crippen molar-refractivity contribution in [3.63, 3.8) is 0 Å². The third-order valence-electron chi connectivity index (χ3n) is 3.58. The Morgan fingerprint density at radius 1 is 1.04 bits per heavy atom. The molecule has 0 atom stereocenters. The highest BCUT2D eigenvalue weighted by Crippen LogP contribution is 2.22. The Balaban J connectivity index is 1.95. The molecule has 0 radical (unpaired) electrons. The van der Waals surface area contributed by atoms with Crippen molar-refractivity contribution in [3.05, 3.63) is 53.4 Å². The molecule has 0 aliphatic heterocycles. The van der Waals surface area contributed by atoms with Crippen molar-refractivity contribution in [1.29, 1.82) is 0 Å². The van der Waals surface area contributed by atoms with Crippen LogP contribution in [-0.2, 0) is 9.47 Å². The SMILES string of the molecule is COC(=O)c1ccc(C(=O)OC)c(NC(=O)c2cc3occc3[nH]2)c1. The van der Waals surface area contributed by atoms with Crippen molar-refractivity contribution in [1.82, 2.24) is 4.98 Å². The van der Waals surface area contributed by atoms with E-state index < -0.39 is 17.8 Å². The molecular weight excluding hydrogens is 328 g/mol. The fourth-order valence-electron chi connectivity index (χ4n) is 2.34. The second kappa shape index (κ2) is 6.52. The number of hydrogen-bond donors (Lipinski definition) is 2. The number of ether oxygens (including phenoxy) is 2. The van der Waals surface area contributed by atoms with Gasteiger partial charge in [0.1, 0.15) is 5.69 Å². The van der Waals surface area contributed by atoms with Gasteiger partial charge < -0.3 is 24.2 Å². The minimum absolute atomic E-state index is 0.110. The average molecular weight is 342 g/mol. The van der Waals surface area contributed by atoms with Crippen molar-refractivity contribution >= 4 is 34.6 Å². The highest BCUT2D eigenvalue weighted by atomic mass is 16.5. The molecule has 2 N–H and O–H groups in total. The number of hydrogen-bond acceptors (Lipinski definition) is 6. The zero-order valence-electron chi connectivity index (χ0n) is 13.4. The van der Waals surface area contributed by atoms with Crippen LogP contribution in [0.4, 0.5) is 5.69 Å². The van der Waals surface area contributed by atoms with Crippen LogP contribution < -0.4 is 5.32 Å².